The molecule has 3 rings (SSSR count). The third kappa shape index (κ3) is 3.25. The van der Waals surface area contributed by atoms with Gasteiger partial charge < -0.3 is 15.2 Å². The van der Waals surface area contributed by atoms with Crippen LogP contribution in [0.3, 0.4) is 0 Å². The van der Waals surface area contributed by atoms with Crippen LogP contribution in [0.25, 0.3) is 11.2 Å². The molecule has 20 heavy (non-hydrogen) atoms. The van der Waals surface area contributed by atoms with Crippen LogP contribution < -0.4 is 5.32 Å². The molecule has 0 radical (unpaired) electrons. The Labute approximate surface area is 119 Å². The number of nitrogens with zero attached hydrogens (tertiary/aromatic N) is 4. The molecule has 2 aromatic heterocycles. The molecule has 0 saturated carbocycles. The lowest BCUT2D eigenvalue weighted by Crippen LogP contribution is -2.27. The zero-order valence-electron chi connectivity index (χ0n) is 11.8. The Kier molecular flexibility index (Phi) is 4.42. The van der Waals surface area contributed by atoms with E-state index in [1.54, 1.807) is 12.7 Å². The Morgan fingerprint density at radius 1 is 1.10 bits per heavy atom. The summed E-state index contributed by atoms with van der Waals surface area (Å²) in [6.07, 6.45) is 9.85. The summed E-state index contributed by atoms with van der Waals surface area (Å²) >= 11 is 0. The Hall–Kier alpha value is -1.69. The van der Waals surface area contributed by atoms with Crippen LogP contribution in [0, 0.1) is 0 Å². The fourth-order valence-electron chi connectivity index (χ4n) is 2.77. The van der Waals surface area contributed by atoms with Crippen LogP contribution in [-0.4, -0.2) is 51.0 Å². The molecule has 1 fully saturated rings. The maximum Gasteiger partial charge on any atom is 0.182 e. The first-order valence-electron chi connectivity index (χ1n) is 7.54. The highest BCUT2D eigenvalue weighted by Gasteiger charge is 2.09. The molecule has 0 amide bonds. The molecule has 0 aromatic carbocycles. The molecule has 0 atom stereocenters. The van der Waals surface area contributed by atoms with Crippen molar-refractivity contribution in [3.05, 3.63) is 12.7 Å². The zero-order valence-corrected chi connectivity index (χ0v) is 11.8. The molecule has 2 aromatic rings. The van der Waals surface area contributed by atoms with Crippen LogP contribution in [0.2, 0.25) is 0 Å². The monoisotopic (exact) mass is 274 g/mol. The van der Waals surface area contributed by atoms with Gasteiger partial charge in [0.2, 0.25) is 0 Å². The second-order valence-electron chi connectivity index (χ2n) is 5.36. The normalized spacial score (nSPS) is 17.2. The van der Waals surface area contributed by atoms with Gasteiger partial charge in [-0.3, -0.25) is 0 Å². The topological polar surface area (TPSA) is 69.7 Å². The number of nitrogens with one attached hydrogen (secondary N) is 2. The Morgan fingerprint density at radius 3 is 2.80 bits per heavy atom. The van der Waals surface area contributed by atoms with E-state index < -0.39 is 0 Å². The molecule has 108 valence electrons. The van der Waals surface area contributed by atoms with E-state index >= 15 is 0 Å². The SMILES string of the molecule is c1nc(NCCCN2CCCCCC2)c2[nH]cnc2n1. The van der Waals surface area contributed by atoms with Crippen molar-refractivity contribution >= 4 is 17.0 Å². The van der Waals surface area contributed by atoms with Crippen molar-refractivity contribution in [3.63, 3.8) is 0 Å². The van der Waals surface area contributed by atoms with Crippen LogP contribution in [0.1, 0.15) is 32.1 Å². The lowest BCUT2D eigenvalue weighted by atomic mass is 10.2. The first kappa shape index (κ1) is 13.3. The van der Waals surface area contributed by atoms with Crippen molar-refractivity contribution in [2.24, 2.45) is 0 Å². The minimum atomic E-state index is 0.718. The zero-order chi connectivity index (χ0) is 13.6. The van der Waals surface area contributed by atoms with Crippen molar-refractivity contribution in [2.75, 3.05) is 31.5 Å². The molecule has 6 nitrogen and oxygen atoms in total. The smallest absolute Gasteiger partial charge is 0.182 e. The van der Waals surface area contributed by atoms with Crippen LogP contribution >= 0.6 is 0 Å². The highest BCUT2D eigenvalue weighted by molar-refractivity contribution is 5.81. The highest BCUT2D eigenvalue weighted by atomic mass is 15.1. The van der Waals surface area contributed by atoms with Gasteiger partial charge in [0.25, 0.3) is 0 Å². The Balaban J connectivity index is 1.46. The van der Waals surface area contributed by atoms with Gasteiger partial charge in [-0.1, -0.05) is 12.8 Å². The summed E-state index contributed by atoms with van der Waals surface area (Å²) < 4.78 is 0. The number of aromatic amines is 1. The largest absolute Gasteiger partial charge is 0.368 e. The lowest BCUT2D eigenvalue weighted by Gasteiger charge is -2.19. The maximum absolute atomic E-state index is 4.27. The van der Waals surface area contributed by atoms with Crippen molar-refractivity contribution in [3.8, 4) is 0 Å². The summed E-state index contributed by atoms with van der Waals surface area (Å²) in [6.45, 7) is 4.63. The minimum Gasteiger partial charge on any atom is -0.368 e. The number of imidazole rings is 1. The Morgan fingerprint density at radius 2 is 1.95 bits per heavy atom. The number of hydrogen-bond acceptors (Lipinski definition) is 5. The summed E-state index contributed by atoms with van der Waals surface area (Å²) in [4.78, 5) is 18.2. The van der Waals surface area contributed by atoms with Gasteiger partial charge in [0.05, 0.1) is 6.33 Å². The number of fused-ring (bicyclic) bond motifs is 1. The average Bonchev–Trinajstić information content (AvgIpc) is 2.81. The van der Waals surface area contributed by atoms with E-state index in [2.05, 4.69) is 30.2 Å². The molecule has 0 spiro atoms. The van der Waals surface area contributed by atoms with Crippen molar-refractivity contribution in [1.29, 1.82) is 0 Å². The first-order valence-corrected chi connectivity index (χ1v) is 7.54. The third-order valence-corrected chi connectivity index (χ3v) is 3.87. The number of aromatic nitrogens is 4. The van der Waals surface area contributed by atoms with E-state index in [-0.39, 0.29) is 0 Å². The maximum atomic E-state index is 4.27. The van der Waals surface area contributed by atoms with E-state index in [1.165, 1.54) is 45.3 Å². The summed E-state index contributed by atoms with van der Waals surface area (Å²) in [5.41, 5.74) is 1.61. The van der Waals surface area contributed by atoms with Gasteiger partial charge in [0, 0.05) is 6.54 Å². The molecule has 1 aliphatic rings. The number of likely N-dealkylation sites (tertiary alicyclic amines) is 1. The van der Waals surface area contributed by atoms with Crippen LogP contribution in [0.4, 0.5) is 5.82 Å². The molecule has 0 unspecified atom stereocenters. The van der Waals surface area contributed by atoms with E-state index in [4.69, 9.17) is 0 Å². The van der Waals surface area contributed by atoms with Gasteiger partial charge >= 0.3 is 0 Å². The predicted molar refractivity (Wildman–Crippen MR) is 79.7 cm³/mol. The quantitative estimate of drug-likeness (QED) is 0.816. The molecular weight excluding hydrogens is 252 g/mol. The number of rotatable bonds is 5. The number of anilines is 1. The van der Waals surface area contributed by atoms with Crippen molar-refractivity contribution in [2.45, 2.75) is 32.1 Å². The summed E-state index contributed by atoms with van der Waals surface area (Å²) in [7, 11) is 0. The Bertz CT molecular complexity index is 529. The van der Waals surface area contributed by atoms with E-state index in [0.717, 1.165) is 29.9 Å². The van der Waals surface area contributed by atoms with Crippen molar-refractivity contribution < 1.29 is 0 Å². The second kappa shape index (κ2) is 6.65. The summed E-state index contributed by atoms with van der Waals surface area (Å²) in [6, 6.07) is 0. The van der Waals surface area contributed by atoms with Gasteiger partial charge in [-0.05, 0) is 38.9 Å². The molecule has 0 bridgehead atoms. The first-order chi connectivity index (χ1) is 9.93. The average molecular weight is 274 g/mol. The van der Waals surface area contributed by atoms with E-state index in [1.807, 2.05) is 0 Å². The molecule has 1 saturated heterocycles. The summed E-state index contributed by atoms with van der Waals surface area (Å²) in [5.74, 6) is 0.850. The molecule has 6 heteroatoms. The third-order valence-electron chi connectivity index (χ3n) is 3.87. The van der Waals surface area contributed by atoms with Gasteiger partial charge in [0.15, 0.2) is 11.5 Å². The predicted octanol–water partition coefficient (Wildman–Crippen LogP) is 2.03. The second-order valence-corrected chi connectivity index (χ2v) is 5.36. The van der Waals surface area contributed by atoms with Crippen molar-refractivity contribution in [1.82, 2.24) is 24.8 Å². The van der Waals surface area contributed by atoms with Gasteiger partial charge in [-0.25, -0.2) is 15.0 Å². The number of H-pyrrole nitrogens is 1. The molecule has 0 aliphatic carbocycles. The highest BCUT2D eigenvalue weighted by Crippen LogP contribution is 2.14. The van der Waals surface area contributed by atoms with Crippen LogP contribution in [0.5, 0.6) is 0 Å². The summed E-state index contributed by atoms with van der Waals surface area (Å²) in [5, 5.41) is 3.38. The minimum absolute atomic E-state index is 0.718. The van der Waals surface area contributed by atoms with Crippen LogP contribution in [0.15, 0.2) is 12.7 Å². The molecule has 3 heterocycles. The molecule has 2 N–H and O–H groups in total. The number of hydrogen-bond donors (Lipinski definition) is 2. The van der Waals surface area contributed by atoms with Gasteiger partial charge in [-0.2, -0.15) is 0 Å². The fourth-order valence-corrected chi connectivity index (χ4v) is 2.77. The van der Waals surface area contributed by atoms with Gasteiger partial charge in [0.1, 0.15) is 11.8 Å². The van der Waals surface area contributed by atoms with E-state index in [0.29, 0.717) is 0 Å². The van der Waals surface area contributed by atoms with E-state index in [9.17, 15) is 0 Å². The lowest BCUT2D eigenvalue weighted by molar-refractivity contribution is 0.284. The fraction of sp³-hybridized carbons (Fsp3) is 0.643. The van der Waals surface area contributed by atoms with Gasteiger partial charge in [-0.15, -0.1) is 0 Å². The molecular formula is C14H22N6. The van der Waals surface area contributed by atoms with Crippen LogP contribution in [-0.2, 0) is 0 Å². The standard InChI is InChI=1S/C14H22N6/c1-2-4-8-20(7-3-1)9-5-6-15-13-12-14(17-10-16-12)19-11-18-13/h10-11H,1-9H2,(H2,15,16,17,18,19). The molecule has 1 aliphatic heterocycles.